The van der Waals surface area contributed by atoms with Gasteiger partial charge >= 0.3 is 0 Å². The molecule has 0 radical (unpaired) electrons. The van der Waals surface area contributed by atoms with Gasteiger partial charge in [0.25, 0.3) is 0 Å². The van der Waals surface area contributed by atoms with Crippen LogP contribution >= 0.6 is 15.8 Å². The first-order chi connectivity index (χ1) is 8.27. The van der Waals surface area contributed by atoms with E-state index in [1.165, 1.54) is 38.5 Å². The first-order valence-corrected chi connectivity index (χ1v) is 11.8. The molecule has 0 amide bonds. The Bertz CT molecular complexity index is 183. The smallest absolute Gasteiger partial charge is 0.0120 e. The third-order valence-electron chi connectivity index (χ3n) is 4.84. The molecular formula is C15H30P2. The van der Waals surface area contributed by atoms with Crippen LogP contribution in [0.1, 0.15) is 64.2 Å². The summed E-state index contributed by atoms with van der Waals surface area (Å²) in [7, 11) is 0.732. The van der Waals surface area contributed by atoms with Gasteiger partial charge in [0.05, 0.1) is 0 Å². The van der Waals surface area contributed by atoms with Crippen LogP contribution in [0.2, 0.25) is 0 Å². The quantitative estimate of drug-likeness (QED) is 0.564. The molecule has 2 rings (SSSR count). The van der Waals surface area contributed by atoms with Gasteiger partial charge in [0, 0.05) is 0 Å². The number of rotatable bonds is 4. The minimum Gasteiger partial charge on any atom is -0.102 e. The Kier molecular flexibility index (Phi) is 6.25. The summed E-state index contributed by atoms with van der Waals surface area (Å²) in [5.74, 6) is 1.64. The van der Waals surface area contributed by atoms with E-state index in [1.54, 1.807) is 31.6 Å². The van der Waals surface area contributed by atoms with E-state index in [0.29, 0.717) is 15.8 Å². The summed E-state index contributed by atoms with van der Waals surface area (Å²) >= 11 is 0. The van der Waals surface area contributed by atoms with E-state index < -0.39 is 0 Å². The average Bonchev–Trinajstić information content (AvgIpc) is 2.40. The van der Waals surface area contributed by atoms with Crippen molar-refractivity contribution in [2.24, 2.45) is 0 Å². The fourth-order valence-corrected chi connectivity index (χ4v) is 10.8. The van der Waals surface area contributed by atoms with Crippen LogP contribution in [0.25, 0.3) is 0 Å². The third-order valence-corrected chi connectivity index (χ3v) is 11.9. The van der Waals surface area contributed by atoms with Crippen LogP contribution in [0, 0.1) is 0 Å². The first kappa shape index (κ1) is 14.3. The van der Waals surface area contributed by atoms with Gasteiger partial charge in [-0.25, -0.2) is 0 Å². The van der Waals surface area contributed by atoms with Crippen molar-refractivity contribution in [1.82, 2.24) is 0 Å². The molecule has 0 aliphatic heterocycles. The molecule has 0 N–H and O–H groups in total. The number of hydrogen-bond donors (Lipinski definition) is 0. The highest BCUT2D eigenvalue weighted by molar-refractivity contribution is 7.74. The van der Waals surface area contributed by atoms with Crippen LogP contribution in [0.3, 0.4) is 0 Å². The Labute approximate surface area is 111 Å². The van der Waals surface area contributed by atoms with Gasteiger partial charge in [-0.1, -0.05) is 38.5 Å². The van der Waals surface area contributed by atoms with Crippen LogP contribution < -0.4 is 0 Å². The van der Waals surface area contributed by atoms with Crippen LogP contribution in [0.5, 0.6) is 0 Å². The van der Waals surface area contributed by atoms with Crippen molar-refractivity contribution < 1.29 is 0 Å². The van der Waals surface area contributed by atoms with Gasteiger partial charge in [-0.3, -0.25) is 0 Å². The van der Waals surface area contributed by atoms with Crippen molar-refractivity contribution >= 4 is 15.8 Å². The molecule has 2 heteroatoms. The van der Waals surface area contributed by atoms with Crippen LogP contribution in [0.4, 0.5) is 0 Å². The third kappa shape index (κ3) is 4.47. The van der Waals surface area contributed by atoms with Gasteiger partial charge in [-0.2, -0.15) is 0 Å². The molecule has 2 saturated carbocycles. The maximum Gasteiger partial charge on any atom is -0.0120 e. The highest BCUT2D eigenvalue weighted by Gasteiger charge is 2.25. The van der Waals surface area contributed by atoms with Crippen molar-refractivity contribution in [2.75, 3.05) is 19.2 Å². The van der Waals surface area contributed by atoms with E-state index in [2.05, 4.69) is 13.3 Å². The topological polar surface area (TPSA) is 0 Å². The molecule has 0 aromatic rings. The Hall–Kier alpha value is 0.860. The van der Waals surface area contributed by atoms with E-state index in [1.807, 2.05) is 0 Å². The summed E-state index contributed by atoms with van der Waals surface area (Å²) in [5.41, 5.74) is 2.29. The standard InChI is InChI=1S/C15H30P2/c1-16(14-9-5-3-6-10-14)13-17(2)15-11-7-4-8-12-15/h14-15H,3-13H2,1-2H3/t16-,17-/m0/s1. The lowest BCUT2D eigenvalue weighted by molar-refractivity contribution is 0.509. The monoisotopic (exact) mass is 272 g/mol. The molecule has 17 heavy (non-hydrogen) atoms. The summed E-state index contributed by atoms with van der Waals surface area (Å²) in [6.45, 7) is 5.24. The second-order valence-electron chi connectivity index (χ2n) is 6.24. The average molecular weight is 272 g/mol. The van der Waals surface area contributed by atoms with Gasteiger partial charge in [-0.15, -0.1) is 15.8 Å². The van der Waals surface area contributed by atoms with Crippen molar-refractivity contribution in [3.63, 3.8) is 0 Å². The molecule has 2 fully saturated rings. The number of hydrogen-bond acceptors (Lipinski definition) is 0. The summed E-state index contributed by atoms with van der Waals surface area (Å²) in [5, 5.41) is 0. The Balaban J connectivity index is 1.74. The molecule has 2 atom stereocenters. The summed E-state index contributed by atoms with van der Waals surface area (Å²) < 4.78 is 0. The lowest BCUT2D eigenvalue weighted by Gasteiger charge is -2.34. The van der Waals surface area contributed by atoms with E-state index in [9.17, 15) is 0 Å². The minimum atomic E-state index is 0.366. The summed E-state index contributed by atoms with van der Waals surface area (Å²) in [6, 6.07) is 0. The molecule has 0 spiro atoms. The van der Waals surface area contributed by atoms with E-state index in [4.69, 9.17) is 0 Å². The van der Waals surface area contributed by atoms with E-state index in [-0.39, 0.29) is 0 Å². The second kappa shape index (κ2) is 7.45. The predicted octanol–water partition coefficient (Wildman–Crippen LogP) is 5.83. The van der Waals surface area contributed by atoms with Crippen LogP contribution in [-0.2, 0) is 0 Å². The molecule has 2 aliphatic carbocycles. The van der Waals surface area contributed by atoms with Crippen molar-refractivity contribution in [3.8, 4) is 0 Å². The fourth-order valence-electron chi connectivity index (χ4n) is 3.63. The van der Waals surface area contributed by atoms with Gasteiger partial charge in [0.1, 0.15) is 0 Å². The molecule has 0 saturated heterocycles. The summed E-state index contributed by atoms with van der Waals surface area (Å²) in [6.07, 6.45) is 15.4. The van der Waals surface area contributed by atoms with Crippen LogP contribution in [-0.4, -0.2) is 30.6 Å². The highest BCUT2D eigenvalue weighted by atomic mass is 31.2. The van der Waals surface area contributed by atoms with Crippen molar-refractivity contribution in [1.29, 1.82) is 0 Å². The second-order valence-corrected chi connectivity index (χ2v) is 11.9. The molecule has 0 aromatic carbocycles. The van der Waals surface area contributed by atoms with Gasteiger partial charge in [0.15, 0.2) is 0 Å². The maximum atomic E-state index is 2.62. The zero-order valence-corrected chi connectivity index (χ0v) is 13.6. The fraction of sp³-hybridized carbons (Fsp3) is 1.00. The molecule has 0 unspecified atom stereocenters. The lowest BCUT2D eigenvalue weighted by atomic mass is 10.0. The lowest BCUT2D eigenvalue weighted by Crippen LogP contribution is -2.15. The normalized spacial score (nSPS) is 27.9. The zero-order valence-electron chi connectivity index (χ0n) is 11.8. The predicted molar refractivity (Wildman–Crippen MR) is 84.3 cm³/mol. The molecule has 0 nitrogen and oxygen atoms in total. The van der Waals surface area contributed by atoms with E-state index >= 15 is 0 Å². The van der Waals surface area contributed by atoms with Gasteiger partial charge < -0.3 is 0 Å². The minimum absolute atomic E-state index is 0.366. The largest absolute Gasteiger partial charge is 0.102 e. The molecule has 0 heterocycles. The maximum absolute atomic E-state index is 2.62. The zero-order chi connectivity index (χ0) is 12.1. The molecule has 0 aromatic heterocycles. The molecule has 2 aliphatic rings. The Morgan fingerprint density at radius 1 is 0.647 bits per heavy atom. The molecule has 100 valence electrons. The summed E-state index contributed by atoms with van der Waals surface area (Å²) in [4.78, 5) is 0. The van der Waals surface area contributed by atoms with Crippen molar-refractivity contribution in [3.05, 3.63) is 0 Å². The van der Waals surface area contributed by atoms with Gasteiger partial charge in [-0.05, 0) is 56.2 Å². The van der Waals surface area contributed by atoms with E-state index in [0.717, 1.165) is 11.3 Å². The first-order valence-electron chi connectivity index (χ1n) is 7.68. The highest BCUT2D eigenvalue weighted by Crippen LogP contribution is 2.57. The molecule has 0 bridgehead atoms. The van der Waals surface area contributed by atoms with Crippen molar-refractivity contribution in [2.45, 2.75) is 75.5 Å². The van der Waals surface area contributed by atoms with Crippen LogP contribution in [0.15, 0.2) is 0 Å². The Morgan fingerprint density at radius 3 is 1.35 bits per heavy atom. The van der Waals surface area contributed by atoms with Gasteiger partial charge in [0.2, 0.25) is 0 Å². The SMILES string of the molecule is C[P@@](C[P@](C)C1CCCCC1)C1CCCCC1. The Morgan fingerprint density at radius 2 is 1.00 bits per heavy atom. The molecular weight excluding hydrogens is 242 g/mol.